The number of nitrogen functional groups attached to an aromatic ring is 1. The molecule has 0 aliphatic carbocycles. The summed E-state index contributed by atoms with van der Waals surface area (Å²) in [5.74, 6) is -1.15. The Balaban J connectivity index is 2.12. The van der Waals surface area contributed by atoms with Crippen LogP contribution in [0.3, 0.4) is 0 Å². The maximum Gasteiger partial charge on any atom is 0.254 e. The van der Waals surface area contributed by atoms with Gasteiger partial charge in [-0.05, 0) is 36.4 Å². The molecule has 0 unspecified atom stereocenters. The van der Waals surface area contributed by atoms with E-state index in [1.165, 1.54) is 24.3 Å². The maximum atomic E-state index is 13.5. The van der Waals surface area contributed by atoms with Crippen LogP contribution in [0.4, 0.5) is 10.1 Å². The third-order valence-electron chi connectivity index (χ3n) is 2.72. The number of benzene rings is 2. The van der Waals surface area contributed by atoms with Gasteiger partial charge in [-0.1, -0.05) is 15.9 Å². The molecule has 104 valence electrons. The number of phenols is 1. The van der Waals surface area contributed by atoms with Crippen molar-refractivity contribution in [2.75, 3.05) is 5.73 Å². The van der Waals surface area contributed by atoms with Crippen molar-refractivity contribution < 1.29 is 14.3 Å². The topological polar surface area (TPSA) is 75.3 Å². The van der Waals surface area contributed by atoms with Crippen molar-refractivity contribution in [2.45, 2.75) is 6.54 Å². The summed E-state index contributed by atoms with van der Waals surface area (Å²) in [6.45, 7) is 0.0572. The van der Waals surface area contributed by atoms with Crippen molar-refractivity contribution in [1.29, 1.82) is 0 Å². The van der Waals surface area contributed by atoms with Gasteiger partial charge in [0.1, 0.15) is 11.6 Å². The van der Waals surface area contributed by atoms with E-state index in [1.807, 2.05) is 0 Å². The first-order valence-corrected chi connectivity index (χ1v) is 6.57. The van der Waals surface area contributed by atoms with E-state index in [-0.39, 0.29) is 17.9 Å². The molecule has 0 bridgehead atoms. The largest absolute Gasteiger partial charge is 0.508 e. The van der Waals surface area contributed by atoms with Crippen LogP contribution in [0, 0.1) is 5.82 Å². The van der Waals surface area contributed by atoms with Crippen molar-refractivity contribution in [3.8, 4) is 5.75 Å². The molecular formula is C14H12BrFN2O2. The molecule has 0 fully saturated rings. The smallest absolute Gasteiger partial charge is 0.254 e. The van der Waals surface area contributed by atoms with E-state index in [0.717, 1.165) is 0 Å². The highest BCUT2D eigenvalue weighted by Crippen LogP contribution is 2.20. The molecule has 20 heavy (non-hydrogen) atoms. The summed E-state index contributed by atoms with van der Waals surface area (Å²) in [6.07, 6.45) is 0. The molecule has 2 aromatic rings. The van der Waals surface area contributed by atoms with E-state index >= 15 is 0 Å². The van der Waals surface area contributed by atoms with E-state index in [2.05, 4.69) is 21.2 Å². The van der Waals surface area contributed by atoms with E-state index in [1.54, 1.807) is 12.1 Å². The van der Waals surface area contributed by atoms with Gasteiger partial charge in [0, 0.05) is 22.3 Å². The van der Waals surface area contributed by atoms with Crippen LogP contribution in [0.5, 0.6) is 5.75 Å². The van der Waals surface area contributed by atoms with Crippen LogP contribution in [-0.2, 0) is 6.54 Å². The highest BCUT2D eigenvalue weighted by Gasteiger charge is 2.12. The first-order valence-electron chi connectivity index (χ1n) is 5.78. The molecule has 0 spiro atoms. The zero-order valence-corrected chi connectivity index (χ0v) is 11.9. The average molecular weight is 339 g/mol. The Morgan fingerprint density at radius 2 is 2.05 bits per heavy atom. The van der Waals surface area contributed by atoms with Gasteiger partial charge in [-0.15, -0.1) is 0 Å². The number of nitrogens with two attached hydrogens (primary N) is 1. The fourth-order valence-electron chi connectivity index (χ4n) is 1.69. The summed E-state index contributed by atoms with van der Waals surface area (Å²) in [4.78, 5) is 11.9. The number of halogens is 2. The van der Waals surface area contributed by atoms with Gasteiger partial charge in [0.15, 0.2) is 0 Å². The van der Waals surface area contributed by atoms with E-state index in [0.29, 0.717) is 15.7 Å². The number of phenolic OH excluding ortho intramolecular Hbond substituents is 1. The predicted molar refractivity (Wildman–Crippen MR) is 77.8 cm³/mol. The van der Waals surface area contributed by atoms with Crippen LogP contribution in [0.25, 0.3) is 0 Å². The third kappa shape index (κ3) is 3.27. The zero-order chi connectivity index (χ0) is 14.7. The number of amides is 1. The zero-order valence-electron chi connectivity index (χ0n) is 10.4. The van der Waals surface area contributed by atoms with Gasteiger partial charge >= 0.3 is 0 Å². The SMILES string of the molecule is Nc1ccc(O)c(CNC(=O)c2cc(Br)ccc2F)c1. The normalized spacial score (nSPS) is 10.3. The summed E-state index contributed by atoms with van der Waals surface area (Å²) in [5.41, 5.74) is 6.47. The standard InChI is InChI=1S/C14H12BrFN2O2/c15-9-1-3-12(16)11(6-9)14(20)18-7-8-5-10(17)2-4-13(8)19/h1-6,19H,7,17H2,(H,18,20). The summed E-state index contributed by atoms with van der Waals surface area (Å²) >= 11 is 3.18. The molecule has 0 saturated carbocycles. The first-order chi connectivity index (χ1) is 9.47. The molecule has 0 heterocycles. The molecule has 4 nitrogen and oxygen atoms in total. The van der Waals surface area contributed by atoms with E-state index in [9.17, 15) is 14.3 Å². The lowest BCUT2D eigenvalue weighted by Gasteiger charge is -2.09. The second-order valence-corrected chi connectivity index (χ2v) is 5.11. The minimum Gasteiger partial charge on any atom is -0.508 e. The molecule has 0 atom stereocenters. The van der Waals surface area contributed by atoms with Gasteiger partial charge in [-0.2, -0.15) is 0 Å². The molecular weight excluding hydrogens is 327 g/mol. The number of hydrogen-bond acceptors (Lipinski definition) is 3. The van der Waals surface area contributed by atoms with Crippen molar-refractivity contribution >= 4 is 27.5 Å². The maximum absolute atomic E-state index is 13.5. The number of aromatic hydroxyl groups is 1. The van der Waals surface area contributed by atoms with Crippen molar-refractivity contribution in [3.63, 3.8) is 0 Å². The van der Waals surface area contributed by atoms with Crippen LogP contribution in [0.15, 0.2) is 40.9 Å². The molecule has 2 rings (SSSR count). The lowest BCUT2D eigenvalue weighted by molar-refractivity contribution is 0.0946. The van der Waals surface area contributed by atoms with Gasteiger partial charge in [0.05, 0.1) is 5.56 Å². The summed E-state index contributed by atoms with van der Waals surface area (Å²) < 4.78 is 14.1. The van der Waals surface area contributed by atoms with E-state index in [4.69, 9.17) is 5.73 Å². The second-order valence-electron chi connectivity index (χ2n) is 4.19. The number of carbonyl (C=O) groups is 1. The molecule has 1 amide bonds. The van der Waals surface area contributed by atoms with Crippen LogP contribution >= 0.6 is 15.9 Å². The Kier molecular flexibility index (Phi) is 4.24. The van der Waals surface area contributed by atoms with Crippen molar-refractivity contribution in [3.05, 3.63) is 57.8 Å². The number of hydrogen-bond donors (Lipinski definition) is 3. The Labute approximate surface area is 123 Å². The Bertz CT molecular complexity index is 662. The number of anilines is 1. The minimum atomic E-state index is -0.609. The first kappa shape index (κ1) is 14.3. The van der Waals surface area contributed by atoms with Gasteiger partial charge in [0.2, 0.25) is 0 Å². The molecule has 0 radical (unpaired) electrons. The minimum absolute atomic E-state index is 0.0224. The highest BCUT2D eigenvalue weighted by atomic mass is 79.9. The monoisotopic (exact) mass is 338 g/mol. The van der Waals surface area contributed by atoms with Gasteiger partial charge in [-0.3, -0.25) is 4.79 Å². The van der Waals surface area contributed by atoms with Gasteiger partial charge in [-0.25, -0.2) is 4.39 Å². The lowest BCUT2D eigenvalue weighted by atomic mass is 10.1. The third-order valence-corrected chi connectivity index (χ3v) is 3.21. The fourth-order valence-corrected chi connectivity index (χ4v) is 2.05. The van der Waals surface area contributed by atoms with Gasteiger partial charge in [0.25, 0.3) is 5.91 Å². The lowest BCUT2D eigenvalue weighted by Crippen LogP contribution is -2.24. The van der Waals surface area contributed by atoms with Crippen molar-refractivity contribution in [1.82, 2.24) is 5.32 Å². The number of nitrogens with one attached hydrogen (secondary N) is 1. The average Bonchev–Trinajstić information content (AvgIpc) is 2.42. The molecule has 6 heteroatoms. The molecule has 0 aromatic heterocycles. The number of rotatable bonds is 3. The Morgan fingerprint density at radius 1 is 1.30 bits per heavy atom. The summed E-state index contributed by atoms with van der Waals surface area (Å²) in [7, 11) is 0. The van der Waals surface area contributed by atoms with Gasteiger partial charge < -0.3 is 16.2 Å². The van der Waals surface area contributed by atoms with Crippen LogP contribution in [-0.4, -0.2) is 11.0 Å². The summed E-state index contributed by atoms with van der Waals surface area (Å²) in [5, 5.41) is 12.2. The van der Waals surface area contributed by atoms with Crippen LogP contribution in [0.2, 0.25) is 0 Å². The molecule has 0 saturated heterocycles. The quantitative estimate of drug-likeness (QED) is 0.595. The summed E-state index contributed by atoms with van der Waals surface area (Å²) in [6, 6.07) is 8.65. The Morgan fingerprint density at radius 3 is 2.80 bits per heavy atom. The molecule has 0 aliphatic rings. The predicted octanol–water partition coefficient (Wildman–Crippen LogP) is 2.81. The molecule has 4 N–H and O–H groups in total. The van der Waals surface area contributed by atoms with Crippen molar-refractivity contribution in [2.24, 2.45) is 0 Å². The fraction of sp³-hybridized carbons (Fsp3) is 0.0714. The second kappa shape index (κ2) is 5.92. The van der Waals surface area contributed by atoms with E-state index < -0.39 is 11.7 Å². The molecule has 0 aliphatic heterocycles. The number of carbonyl (C=O) groups excluding carboxylic acids is 1. The van der Waals surface area contributed by atoms with Crippen LogP contribution < -0.4 is 11.1 Å². The molecule has 2 aromatic carbocycles. The highest BCUT2D eigenvalue weighted by molar-refractivity contribution is 9.10. The Hall–Kier alpha value is -2.08. The van der Waals surface area contributed by atoms with Crippen LogP contribution in [0.1, 0.15) is 15.9 Å².